The molecule has 3 rings (SSSR count). The summed E-state index contributed by atoms with van der Waals surface area (Å²) in [5.41, 5.74) is 2.18. The van der Waals surface area contributed by atoms with Gasteiger partial charge in [-0.05, 0) is 31.5 Å². The zero-order valence-corrected chi connectivity index (χ0v) is 16.6. The van der Waals surface area contributed by atoms with E-state index in [2.05, 4.69) is 30.9 Å². The van der Waals surface area contributed by atoms with E-state index >= 15 is 0 Å². The Morgan fingerprint density at radius 3 is 2.79 bits per heavy atom. The normalized spacial score (nSPS) is 11.5. The molecule has 0 aliphatic carbocycles. The number of rotatable bonds is 7. The van der Waals surface area contributed by atoms with Crippen LogP contribution in [0.3, 0.4) is 0 Å². The van der Waals surface area contributed by atoms with Crippen LogP contribution >= 0.6 is 11.3 Å². The number of carbonyl (C=O) groups is 1. The monoisotopic (exact) mass is 395 g/mol. The summed E-state index contributed by atoms with van der Waals surface area (Å²) in [7, 11) is 1.74. The van der Waals surface area contributed by atoms with Gasteiger partial charge in [0.15, 0.2) is 5.82 Å². The Hall–Kier alpha value is -3.33. The average Bonchev–Trinajstić information content (AvgIpc) is 3.14. The molecule has 144 valence electrons. The fraction of sp³-hybridized carbons (Fsp3) is 0.211. The lowest BCUT2D eigenvalue weighted by Crippen LogP contribution is -2.12. The van der Waals surface area contributed by atoms with E-state index in [-0.39, 0.29) is 11.9 Å². The predicted molar refractivity (Wildman–Crippen MR) is 113 cm³/mol. The Bertz CT molecular complexity index is 1000. The molecule has 28 heavy (non-hydrogen) atoms. The number of benzene rings is 1. The molecular weight excluding hydrogens is 374 g/mol. The maximum absolute atomic E-state index is 12.3. The van der Waals surface area contributed by atoms with Gasteiger partial charge in [0, 0.05) is 18.9 Å². The van der Waals surface area contributed by atoms with Gasteiger partial charge in [-0.25, -0.2) is 15.0 Å². The van der Waals surface area contributed by atoms with Gasteiger partial charge in [-0.3, -0.25) is 4.79 Å². The Balaban J connectivity index is 1.72. The minimum absolute atomic E-state index is 0.0626. The van der Waals surface area contributed by atoms with Crippen molar-refractivity contribution in [1.82, 2.24) is 15.0 Å². The smallest absolute Gasteiger partial charge is 0.267 e. The molecule has 0 spiro atoms. The SMILES string of the molecule is CNc1nc(N[C@@H](C)c2cccc(NC(=O)c3cnc(C)s3)c2)cnc1C=N. The van der Waals surface area contributed by atoms with Gasteiger partial charge < -0.3 is 21.4 Å². The zero-order chi connectivity index (χ0) is 20.1. The third-order valence-electron chi connectivity index (χ3n) is 4.03. The van der Waals surface area contributed by atoms with Gasteiger partial charge in [-0.2, -0.15) is 0 Å². The highest BCUT2D eigenvalue weighted by molar-refractivity contribution is 7.13. The molecule has 1 aromatic carbocycles. The summed E-state index contributed by atoms with van der Waals surface area (Å²) < 4.78 is 0. The highest BCUT2D eigenvalue weighted by Crippen LogP contribution is 2.23. The Morgan fingerprint density at radius 2 is 2.11 bits per heavy atom. The molecule has 0 saturated heterocycles. The van der Waals surface area contributed by atoms with Gasteiger partial charge in [0.2, 0.25) is 0 Å². The number of carbonyl (C=O) groups excluding carboxylic acids is 1. The van der Waals surface area contributed by atoms with Crippen molar-refractivity contribution < 1.29 is 4.79 Å². The Morgan fingerprint density at radius 1 is 1.29 bits per heavy atom. The van der Waals surface area contributed by atoms with Crippen molar-refractivity contribution >= 4 is 40.8 Å². The number of aromatic nitrogens is 3. The Kier molecular flexibility index (Phi) is 5.95. The molecule has 0 aliphatic heterocycles. The number of nitrogens with zero attached hydrogens (tertiary/aromatic N) is 3. The van der Waals surface area contributed by atoms with Crippen LogP contribution in [-0.2, 0) is 0 Å². The predicted octanol–water partition coefficient (Wildman–Crippen LogP) is 3.71. The van der Waals surface area contributed by atoms with E-state index in [4.69, 9.17) is 5.41 Å². The maximum Gasteiger partial charge on any atom is 0.267 e. The summed E-state index contributed by atoms with van der Waals surface area (Å²) in [6.45, 7) is 3.87. The highest BCUT2D eigenvalue weighted by Gasteiger charge is 2.12. The van der Waals surface area contributed by atoms with Gasteiger partial charge >= 0.3 is 0 Å². The Labute approximate surface area is 167 Å². The molecule has 2 heterocycles. The second-order valence-corrected chi connectivity index (χ2v) is 7.31. The first-order valence-electron chi connectivity index (χ1n) is 8.65. The molecular formula is C19H21N7OS. The fourth-order valence-corrected chi connectivity index (χ4v) is 3.28. The number of hydrogen-bond acceptors (Lipinski definition) is 8. The molecule has 2 aromatic heterocycles. The number of thiazole rings is 1. The van der Waals surface area contributed by atoms with Crippen LogP contribution in [0.15, 0.2) is 36.7 Å². The van der Waals surface area contributed by atoms with Crippen molar-refractivity contribution in [2.24, 2.45) is 0 Å². The molecule has 0 aliphatic rings. The lowest BCUT2D eigenvalue weighted by atomic mass is 10.1. The molecule has 9 heteroatoms. The lowest BCUT2D eigenvalue weighted by Gasteiger charge is -2.17. The quantitative estimate of drug-likeness (QED) is 0.453. The van der Waals surface area contributed by atoms with Gasteiger partial charge in [0.25, 0.3) is 5.91 Å². The fourth-order valence-electron chi connectivity index (χ4n) is 2.61. The molecule has 0 unspecified atom stereocenters. The summed E-state index contributed by atoms with van der Waals surface area (Å²) in [4.78, 5) is 25.7. The molecule has 8 nitrogen and oxygen atoms in total. The van der Waals surface area contributed by atoms with Crippen molar-refractivity contribution in [1.29, 1.82) is 5.41 Å². The number of nitrogens with one attached hydrogen (secondary N) is 4. The van der Waals surface area contributed by atoms with Crippen molar-refractivity contribution in [3.8, 4) is 0 Å². The van der Waals surface area contributed by atoms with Crippen molar-refractivity contribution in [2.75, 3.05) is 23.0 Å². The summed E-state index contributed by atoms with van der Waals surface area (Å²) in [6, 6.07) is 7.57. The van der Waals surface area contributed by atoms with Crippen LogP contribution in [0.2, 0.25) is 0 Å². The molecule has 0 fully saturated rings. The number of hydrogen-bond donors (Lipinski definition) is 4. The third-order valence-corrected chi connectivity index (χ3v) is 4.94. The van der Waals surface area contributed by atoms with E-state index in [1.807, 2.05) is 38.1 Å². The number of amides is 1. The van der Waals surface area contributed by atoms with Gasteiger partial charge in [-0.15, -0.1) is 11.3 Å². The van der Waals surface area contributed by atoms with Crippen LogP contribution in [0.5, 0.6) is 0 Å². The average molecular weight is 395 g/mol. The molecule has 0 bridgehead atoms. The third kappa shape index (κ3) is 4.49. The maximum atomic E-state index is 12.3. The van der Waals surface area contributed by atoms with Crippen molar-refractivity contribution in [2.45, 2.75) is 19.9 Å². The second kappa shape index (κ2) is 8.57. The molecule has 3 aromatic rings. The van der Waals surface area contributed by atoms with Crippen LogP contribution in [0, 0.1) is 12.3 Å². The summed E-state index contributed by atoms with van der Waals surface area (Å²) in [5, 5.41) is 17.3. The van der Waals surface area contributed by atoms with E-state index < -0.39 is 0 Å². The topological polar surface area (TPSA) is 116 Å². The summed E-state index contributed by atoms with van der Waals surface area (Å²) in [6.07, 6.45) is 4.33. The van der Waals surface area contributed by atoms with Crippen LogP contribution in [0.1, 0.15) is 38.9 Å². The largest absolute Gasteiger partial charge is 0.371 e. The van der Waals surface area contributed by atoms with E-state index in [0.29, 0.717) is 27.9 Å². The second-order valence-electron chi connectivity index (χ2n) is 6.07. The van der Waals surface area contributed by atoms with E-state index in [0.717, 1.165) is 16.8 Å². The van der Waals surface area contributed by atoms with Gasteiger partial charge in [0.05, 0.1) is 23.4 Å². The lowest BCUT2D eigenvalue weighted by molar-refractivity contribution is 0.103. The minimum atomic E-state index is -0.171. The first-order chi connectivity index (χ1) is 13.5. The van der Waals surface area contributed by atoms with Crippen molar-refractivity contribution in [3.63, 3.8) is 0 Å². The van der Waals surface area contributed by atoms with Crippen LogP contribution in [0.25, 0.3) is 0 Å². The van der Waals surface area contributed by atoms with Gasteiger partial charge in [0.1, 0.15) is 16.4 Å². The van der Waals surface area contributed by atoms with Gasteiger partial charge in [-0.1, -0.05) is 12.1 Å². The van der Waals surface area contributed by atoms with E-state index in [1.54, 1.807) is 19.4 Å². The van der Waals surface area contributed by atoms with Crippen LogP contribution in [0.4, 0.5) is 17.3 Å². The molecule has 0 radical (unpaired) electrons. The minimum Gasteiger partial charge on any atom is -0.371 e. The molecule has 1 atom stereocenters. The summed E-state index contributed by atoms with van der Waals surface area (Å²) in [5.74, 6) is 0.959. The first kappa shape index (κ1) is 19.4. The first-order valence-corrected chi connectivity index (χ1v) is 9.47. The van der Waals surface area contributed by atoms with E-state index in [1.165, 1.54) is 11.3 Å². The van der Waals surface area contributed by atoms with Crippen LogP contribution in [-0.4, -0.2) is 34.1 Å². The zero-order valence-electron chi connectivity index (χ0n) is 15.8. The standard InChI is InChI=1S/C19H21N7OS/c1-11(24-17-10-23-15(8-20)18(21-3)26-17)13-5-4-6-14(7-13)25-19(27)16-9-22-12(2)28-16/h4-11,20H,1-3H3,(H,25,27)(H2,21,24,26)/t11-/m0/s1. The van der Waals surface area contributed by atoms with Crippen LogP contribution < -0.4 is 16.0 Å². The molecule has 1 amide bonds. The summed E-state index contributed by atoms with van der Waals surface area (Å²) >= 11 is 1.36. The van der Waals surface area contributed by atoms with E-state index in [9.17, 15) is 4.79 Å². The number of aryl methyl sites for hydroxylation is 1. The number of anilines is 3. The highest BCUT2D eigenvalue weighted by atomic mass is 32.1. The van der Waals surface area contributed by atoms with Crippen molar-refractivity contribution in [3.05, 3.63) is 57.8 Å². The molecule has 4 N–H and O–H groups in total. The molecule has 0 saturated carbocycles.